The Bertz CT molecular complexity index is 722. The Labute approximate surface area is 109 Å². The zero-order valence-electron chi connectivity index (χ0n) is 9.81. The molecule has 2 aromatic carbocycles. The van der Waals surface area contributed by atoms with Crippen LogP contribution < -0.4 is 0 Å². The van der Waals surface area contributed by atoms with Gasteiger partial charge in [0, 0.05) is 5.56 Å². The molecule has 2 aromatic rings. The maximum Gasteiger partial charge on any atom is 0.206 e. The molecule has 5 heteroatoms. The van der Waals surface area contributed by atoms with E-state index in [1.165, 1.54) is 12.1 Å². The van der Waals surface area contributed by atoms with E-state index in [4.69, 9.17) is 0 Å². The first-order chi connectivity index (χ1) is 8.93. The minimum Gasteiger partial charge on any atom is -0.219 e. The van der Waals surface area contributed by atoms with Crippen molar-refractivity contribution < 1.29 is 17.2 Å². The van der Waals surface area contributed by atoms with Gasteiger partial charge in [-0.2, -0.15) is 0 Å². The fourth-order valence-electron chi connectivity index (χ4n) is 1.60. The lowest BCUT2D eigenvalue weighted by Gasteiger charge is -2.09. The molecule has 0 aromatic heterocycles. The molecule has 0 aliphatic carbocycles. The van der Waals surface area contributed by atoms with Crippen molar-refractivity contribution in [2.45, 2.75) is 4.90 Å². The molecular weight excluding hydrogens is 270 g/mol. The van der Waals surface area contributed by atoms with Crippen LogP contribution in [0.4, 0.5) is 8.78 Å². The monoisotopic (exact) mass is 280 g/mol. The summed E-state index contributed by atoms with van der Waals surface area (Å²) in [5, 5.41) is 0. The Morgan fingerprint density at radius 3 is 2.26 bits per heavy atom. The molecule has 0 N–H and O–H groups in total. The van der Waals surface area contributed by atoms with Gasteiger partial charge in [0.1, 0.15) is 11.6 Å². The maximum atomic E-state index is 13.6. The molecule has 0 fully saturated rings. The summed E-state index contributed by atoms with van der Waals surface area (Å²) in [6.07, 6.45) is 0. The van der Waals surface area contributed by atoms with E-state index < -0.39 is 26.4 Å². The number of hydrogen-bond acceptors (Lipinski definition) is 2. The van der Waals surface area contributed by atoms with E-state index in [1.807, 2.05) is 0 Å². The molecule has 0 saturated carbocycles. The van der Waals surface area contributed by atoms with Gasteiger partial charge in [0.15, 0.2) is 0 Å². The van der Waals surface area contributed by atoms with E-state index in [2.05, 4.69) is 6.58 Å². The third kappa shape index (κ3) is 2.56. The topological polar surface area (TPSA) is 34.1 Å². The van der Waals surface area contributed by atoms with Gasteiger partial charge in [0.25, 0.3) is 0 Å². The standard InChI is InChI=1S/C14H10F2O2S/c1-10(13-9-11(15)7-8-14(13)16)19(17,18)12-5-3-2-4-6-12/h2-9H,1H2. The SMILES string of the molecule is C=C(c1cc(F)ccc1F)S(=O)(=O)c1ccccc1. The molecule has 0 heterocycles. The summed E-state index contributed by atoms with van der Waals surface area (Å²) in [5.41, 5.74) is -0.358. The predicted molar refractivity (Wildman–Crippen MR) is 69.0 cm³/mol. The van der Waals surface area contributed by atoms with Crippen LogP contribution in [0.25, 0.3) is 4.91 Å². The molecule has 0 bridgehead atoms. The average molecular weight is 280 g/mol. The summed E-state index contributed by atoms with van der Waals surface area (Å²) in [6.45, 7) is 3.38. The van der Waals surface area contributed by atoms with E-state index in [0.29, 0.717) is 0 Å². The lowest BCUT2D eigenvalue weighted by atomic mass is 10.2. The van der Waals surface area contributed by atoms with Crippen LogP contribution in [0.1, 0.15) is 5.56 Å². The molecule has 0 saturated heterocycles. The third-order valence-corrected chi connectivity index (χ3v) is 4.37. The van der Waals surface area contributed by atoms with Crippen molar-refractivity contribution >= 4 is 14.7 Å². The first-order valence-electron chi connectivity index (χ1n) is 5.37. The summed E-state index contributed by atoms with van der Waals surface area (Å²) < 4.78 is 51.1. The number of benzene rings is 2. The molecule has 0 radical (unpaired) electrons. The highest BCUT2D eigenvalue weighted by Crippen LogP contribution is 2.28. The molecule has 0 spiro atoms. The first-order valence-corrected chi connectivity index (χ1v) is 6.85. The quantitative estimate of drug-likeness (QED) is 0.863. The molecule has 0 aliphatic rings. The van der Waals surface area contributed by atoms with Gasteiger partial charge < -0.3 is 0 Å². The summed E-state index contributed by atoms with van der Waals surface area (Å²) in [6, 6.07) is 10.1. The Morgan fingerprint density at radius 2 is 1.63 bits per heavy atom. The van der Waals surface area contributed by atoms with E-state index in [1.54, 1.807) is 18.2 Å². The van der Waals surface area contributed by atoms with E-state index in [0.717, 1.165) is 18.2 Å². The zero-order valence-corrected chi connectivity index (χ0v) is 10.6. The molecule has 2 rings (SSSR count). The van der Waals surface area contributed by atoms with Crippen LogP contribution in [0.3, 0.4) is 0 Å². The zero-order chi connectivity index (χ0) is 14.0. The smallest absolute Gasteiger partial charge is 0.206 e. The van der Waals surface area contributed by atoms with Crippen LogP contribution in [-0.2, 0) is 9.84 Å². The van der Waals surface area contributed by atoms with Crippen molar-refractivity contribution in [3.8, 4) is 0 Å². The van der Waals surface area contributed by atoms with Crippen LogP contribution in [0.15, 0.2) is 60.0 Å². The minimum absolute atomic E-state index is 0.0105. The summed E-state index contributed by atoms with van der Waals surface area (Å²) >= 11 is 0. The number of hydrogen-bond donors (Lipinski definition) is 0. The summed E-state index contributed by atoms with van der Waals surface area (Å²) in [4.78, 5) is -0.473. The van der Waals surface area contributed by atoms with Crippen molar-refractivity contribution in [2.24, 2.45) is 0 Å². The Kier molecular flexibility index (Phi) is 3.48. The second-order valence-corrected chi connectivity index (χ2v) is 5.83. The van der Waals surface area contributed by atoms with E-state index in [9.17, 15) is 17.2 Å². The normalized spacial score (nSPS) is 11.3. The van der Waals surface area contributed by atoms with Crippen LogP contribution in [0.2, 0.25) is 0 Å². The van der Waals surface area contributed by atoms with Crippen molar-refractivity contribution in [3.05, 3.63) is 72.3 Å². The maximum absolute atomic E-state index is 13.6. The van der Waals surface area contributed by atoms with E-state index >= 15 is 0 Å². The minimum atomic E-state index is -3.93. The van der Waals surface area contributed by atoms with Gasteiger partial charge in [-0.05, 0) is 30.3 Å². The van der Waals surface area contributed by atoms with Crippen molar-refractivity contribution in [3.63, 3.8) is 0 Å². The van der Waals surface area contributed by atoms with Crippen molar-refractivity contribution in [2.75, 3.05) is 0 Å². The van der Waals surface area contributed by atoms with Crippen LogP contribution in [-0.4, -0.2) is 8.42 Å². The average Bonchev–Trinajstić information content (AvgIpc) is 2.41. The molecule has 0 unspecified atom stereocenters. The fourth-order valence-corrected chi connectivity index (χ4v) is 2.84. The van der Waals surface area contributed by atoms with Gasteiger partial charge in [-0.3, -0.25) is 0 Å². The molecule has 0 atom stereocenters. The molecule has 2 nitrogen and oxygen atoms in total. The second kappa shape index (κ2) is 4.93. The highest BCUT2D eigenvalue weighted by atomic mass is 32.2. The Hall–Kier alpha value is -2.01. The van der Waals surface area contributed by atoms with Gasteiger partial charge >= 0.3 is 0 Å². The fraction of sp³-hybridized carbons (Fsp3) is 0. The number of sulfone groups is 1. The largest absolute Gasteiger partial charge is 0.219 e. The van der Waals surface area contributed by atoms with Crippen LogP contribution in [0.5, 0.6) is 0 Å². The van der Waals surface area contributed by atoms with Crippen LogP contribution >= 0.6 is 0 Å². The molecule has 0 amide bonds. The van der Waals surface area contributed by atoms with Gasteiger partial charge in [-0.25, -0.2) is 17.2 Å². The van der Waals surface area contributed by atoms with E-state index in [-0.39, 0.29) is 10.5 Å². The summed E-state index contributed by atoms with van der Waals surface area (Å²) in [5.74, 6) is -1.55. The number of rotatable bonds is 3. The molecular formula is C14H10F2O2S. The first kappa shape index (κ1) is 13.4. The molecule has 0 aliphatic heterocycles. The highest BCUT2D eigenvalue weighted by Gasteiger charge is 2.22. The second-order valence-electron chi connectivity index (χ2n) is 3.86. The lowest BCUT2D eigenvalue weighted by molar-refractivity contribution is 0.594. The van der Waals surface area contributed by atoms with Gasteiger partial charge in [0.2, 0.25) is 9.84 Å². The van der Waals surface area contributed by atoms with Gasteiger partial charge in [-0.1, -0.05) is 24.8 Å². The van der Waals surface area contributed by atoms with Crippen molar-refractivity contribution in [1.29, 1.82) is 0 Å². The Balaban J connectivity index is 2.53. The van der Waals surface area contributed by atoms with Gasteiger partial charge in [0.05, 0.1) is 9.80 Å². The lowest BCUT2D eigenvalue weighted by Crippen LogP contribution is -2.05. The Morgan fingerprint density at radius 1 is 1.00 bits per heavy atom. The van der Waals surface area contributed by atoms with Gasteiger partial charge in [-0.15, -0.1) is 0 Å². The number of halogens is 2. The van der Waals surface area contributed by atoms with Crippen LogP contribution in [0, 0.1) is 11.6 Å². The molecule has 19 heavy (non-hydrogen) atoms. The van der Waals surface area contributed by atoms with Crippen molar-refractivity contribution in [1.82, 2.24) is 0 Å². The highest BCUT2D eigenvalue weighted by molar-refractivity contribution is 8.00. The summed E-state index contributed by atoms with van der Waals surface area (Å²) in [7, 11) is -3.93. The molecule has 98 valence electrons. The third-order valence-electron chi connectivity index (χ3n) is 2.61. The predicted octanol–water partition coefficient (Wildman–Crippen LogP) is 3.41.